The lowest BCUT2D eigenvalue weighted by Gasteiger charge is -2.12. The molecule has 0 fully saturated rings. The number of nitrogens with zero attached hydrogens (tertiary/aromatic N) is 2. The van der Waals surface area contributed by atoms with E-state index >= 15 is 0 Å². The number of ether oxygens (including phenoxy) is 1. The third kappa shape index (κ3) is 3.07. The van der Waals surface area contributed by atoms with Crippen molar-refractivity contribution in [1.82, 2.24) is 9.97 Å². The minimum atomic E-state index is 0.616. The van der Waals surface area contributed by atoms with Gasteiger partial charge in [0, 0.05) is 13.5 Å². The SMILES string of the molecule is CCc1ccc(Oc2nc(CC)nc(NC)c2C)cc1. The third-order valence-electron chi connectivity index (χ3n) is 3.25. The van der Waals surface area contributed by atoms with Gasteiger partial charge in [0.05, 0.1) is 5.56 Å². The van der Waals surface area contributed by atoms with Crippen LogP contribution >= 0.6 is 0 Å². The number of nitrogens with one attached hydrogen (secondary N) is 1. The lowest BCUT2D eigenvalue weighted by atomic mass is 10.2. The second kappa shape index (κ2) is 6.37. The lowest BCUT2D eigenvalue weighted by molar-refractivity contribution is 0.455. The maximum Gasteiger partial charge on any atom is 0.227 e. The summed E-state index contributed by atoms with van der Waals surface area (Å²) in [7, 11) is 1.86. The number of aromatic nitrogens is 2. The molecule has 0 bridgehead atoms. The van der Waals surface area contributed by atoms with E-state index in [1.54, 1.807) is 0 Å². The van der Waals surface area contributed by atoms with Gasteiger partial charge >= 0.3 is 0 Å². The first kappa shape index (κ1) is 14.3. The molecule has 2 rings (SSSR count). The van der Waals surface area contributed by atoms with Crippen molar-refractivity contribution in [3.05, 3.63) is 41.2 Å². The molecule has 0 aliphatic rings. The van der Waals surface area contributed by atoms with E-state index in [9.17, 15) is 0 Å². The van der Waals surface area contributed by atoms with Gasteiger partial charge in [-0.15, -0.1) is 0 Å². The molecule has 1 N–H and O–H groups in total. The Balaban J connectivity index is 2.31. The van der Waals surface area contributed by atoms with Gasteiger partial charge in [-0.05, 0) is 31.0 Å². The summed E-state index contributed by atoms with van der Waals surface area (Å²) in [5.41, 5.74) is 2.21. The van der Waals surface area contributed by atoms with E-state index in [0.29, 0.717) is 5.88 Å². The average Bonchev–Trinajstić information content (AvgIpc) is 2.50. The molecule has 0 spiro atoms. The van der Waals surface area contributed by atoms with Gasteiger partial charge in [-0.1, -0.05) is 26.0 Å². The summed E-state index contributed by atoms with van der Waals surface area (Å²) in [6.07, 6.45) is 1.80. The van der Waals surface area contributed by atoms with Crippen molar-refractivity contribution < 1.29 is 4.74 Å². The maximum absolute atomic E-state index is 5.90. The fraction of sp³-hybridized carbons (Fsp3) is 0.375. The molecule has 0 aliphatic heterocycles. The van der Waals surface area contributed by atoms with Crippen LogP contribution in [0.2, 0.25) is 0 Å². The summed E-state index contributed by atoms with van der Waals surface area (Å²) in [5, 5.41) is 3.08. The molecule has 20 heavy (non-hydrogen) atoms. The van der Waals surface area contributed by atoms with Crippen molar-refractivity contribution in [1.29, 1.82) is 0 Å². The van der Waals surface area contributed by atoms with Crippen LogP contribution in [-0.2, 0) is 12.8 Å². The highest BCUT2D eigenvalue weighted by molar-refractivity contribution is 5.49. The number of rotatable bonds is 5. The first-order valence-electron chi connectivity index (χ1n) is 7.00. The predicted octanol–water partition coefficient (Wildman–Crippen LogP) is 3.74. The van der Waals surface area contributed by atoms with Gasteiger partial charge in [0.2, 0.25) is 5.88 Å². The van der Waals surface area contributed by atoms with E-state index < -0.39 is 0 Å². The molecule has 1 aromatic heterocycles. The lowest BCUT2D eigenvalue weighted by Crippen LogP contribution is -2.04. The van der Waals surface area contributed by atoms with Crippen LogP contribution in [0.4, 0.5) is 5.82 Å². The van der Waals surface area contributed by atoms with Crippen LogP contribution in [0, 0.1) is 6.92 Å². The molecule has 0 unspecified atom stereocenters. The van der Waals surface area contributed by atoms with E-state index in [-0.39, 0.29) is 0 Å². The van der Waals surface area contributed by atoms with E-state index in [4.69, 9.17) is 4.74 Å². The first-order valence-corrected chi connectivity index (χ1v) is 7.00. The second-order valence-corrected chi connectivity index (χ2v) is 4.62. The van der Waals surface area contributed by atoms with Crippen LogP contribution in [0.1, 0.15) is 30.8 Å². The van der Waals surface area contributed by atoms with Gasteiger partial charge in [-0.25, -0.2) is 4.98 Å². The Kier molecular flexibility index (Phi) is 4.56. The Morgan fingerprint density at radius 2 is 1.75 bits per heavy atom. The summed E-state index contributed by atoms with van der Waals surface area (Å²) >= 11 is 0. The number of hydrogen-bond acceptors (Lipinski definition) is 4. The molecule has 0 amide bonds. The number of benzene rings is 1. The molecule has 0 aliphatic carbocycles. The van der Waals surface area contributed by atoms with Gasteiger partial charge in [-0.2, -0.15) is 4.98 Å². The largest absolute Gasteiger partial charge is 0.439 e. The average molecular weight is 271 g/mol. The van der Waals surface area contributed by atoms with E-state index in [0.717, 1.165) is 35.8 Å². The summed E-state index contributed by atoms with van der Waals surface area (Å²) < 4.78 is 5.90. The third-order valence-corrected chi connectivity index (χ3v) is 3.25. The minimum absolute atomic E-state index is 0.616. The normalized spacial score (nSPS) is 10.4. The Hall–Kier alpha value is -2.10. The molecule has 4 heteroatoms. The molecule has 106 valence electrons. The summed E-state index contributed by atoms with van der Waals surface area (Å²) in [5.74, 6) is 3.01. The number of anilines is 1. The van der Waals surface area contributed by atoms with E-state index in [1.807, 2.05) is 33.0 Å². The fourth-order valence-electron chi connectivity index (χ4n) is 1.95. The second-order valence-electron chi connectivity index (χ2n) is 4.62. The Labute approximate surface area is 120 Å². The number of aryl methyl sites for hydroxylation is 2. The van der Waals surface area contributed by atoms with Crippen molar-refractivity contribution >= 4 is 5.82 Å². The van der Waals surface area contributed by atoms with Crippen molar-refractivity contribution in [2.75, 3.05) is 12.4 Å². The van der Waals surface area contributed by atoms with Crippen LogP contribution in [0.3, 0.4) is 0 Å². The number of hydrogen-bond donors (Lipinski definition) is 1. The molecule has 0 saturated heterocycles. The monoisotopic (exact) mass is 271 g/mol. The van der Waals surface area contributed by atoms with Crippen LogP contribution in [0.5, 0.6) is 11.6 Å². The van der Waals surface area contributed by atoms with E-state index in [2.05, 4.69) is 34.3 Å². The van der Waals surface area contributed by atoms with Gasteiger partial charge in [0.25, 0.3) is 0 Å². The summed E-state index contributed by atoms with van der Waals surface area (Å²) in [4.78, 5) is 8.90. The van der Waals surface area contributed by atoms with E-state index in [1.165, 1.54) is 5.56 Å². The molecule has 4 nitrogen and oxygen atoms in total. The van der Waals surface area contributed by atoms with Crippen molar-refractivity contribution in [3.63, 3.8) is 0 Å². The minimum Gasteiger partial charge on any atom is -0.439 e. The van der Waals surface area contributed by atoms with Crippen molar-refractivity contribution in [2.45, 2.75) is 33.6 Å². The highest BCUT2D eigenvalue weighted by atomic mass is 16.5. The zero-order chi connectivity index (χ0) is 14.5. The van der Waals surface area contributed by atoms with Crippen LogP contribution in [-0.4, -0.2) is 17.0 Å². The molecule has 1 heterocycles. The zero-order valence-electron chi connectivity index (χ0n) is 12.5. The Bertz CT molecular complexity index is 579. The van der Waals surface area contributed by atoms with Crippen LogP contribution in [0.25, 0.3) is 0 Å². The fourth-order valence-corrected chi connectivity index (χ4v) is 1.95. The van der Waals surface area contributed by atoms with Crippen LogP contribution in [0.15, 0.2) is 24.3 Å². The van der Waals surface area contributed by atoms with Gasteiger partial charge < -0.3 is 10.1 Å². The molecule has 0 radical (unpaired) electrons. The molecule has 2 aromatic rings. The molecular formula is C16H21N3O. The highest BCUT2D eigenvalue weighted by Gasteiger charge is 2.11. The standard InChI is InChI=1S/C16H21N3O/c1-5-12-7-9-13(10-8-12)20-16-11(3)15(17-4)18-14(6-2)19-16/h7-10H,5-6H2,1-4H3,(H,17,18,19). The smallest absolute Gasteiger partial charge is 0.227 e. The zero-order valence-corrected chi connectivity index (χ0v) is 12.5. The molecule has 1 aromatic carbocycles. The maximum atomic E-state index is 5.90. The Morgan fingerprint density at radius 3 is 2.30 bits per heavy atom. The van der Waals surface area contributed by atoms with Crippen molar-refractivity contribution in [3.8, 4) is 11.6 Å². The molecule has 0 saturated carbocycles. The first-order chi connectivity index (χ1) is 9.67. The molecule has 0 atom stereocenters. The highest BCUT2D eigenvalue weighted by Crippen LogP contribution is 2.27. The topological polar surface area (TPSA) is 47.0 Å². The summed E-state index contributed by atoms with van der Waals surface area (Å²) in [6, 6.07) is 8.10. The Morgan fingerprint density at radius 1 is 1.05 bits per heavy atom. The van der Waals surface area contributed by atoms with Gasteiger partial charge in [0.1, 0.15) is 17.4 Å². The van der Waals surface area contributed by atoms with Gasteiger partial charge in [0.15, 0.2) is 0 Å². The molecular weight excluding hydrogens is 250 g/mol. The van der Waals surface area contributed by atoms with Crippen molar-refractivity contribution in [2.24, 2.45) is 0 Å². The summed E-state index contributed by atoms with van der Waals surface area (Å²) in [6.45, 7) is 6.13. The van der Waals surface area contributed by atoms with Crippen LogP contribution < -0.4 is 10.1 Å². The van der Waals surface area contributed by atoms with Gasteiger partial charge in [-0.3, -0.25) is 0 Å². The predicted molar refractivity (Wildman–Crippen MR) is 81.6 cm³/mol. The quantitative estimate of drug-likeness (QED) is 0.899.